The van der Waals surface area contributed by atoms with Crippen molar-refractivity contribution in [3.05, 3.63) is 42.4 Å². The summed E-state index contributed by atoms with van der Waals surface area (Å²) in [6, 6.07) is 10.8. The van der Waals surface area contributed by atoms with Gasteiger partial charge in [0.05, 0.1) is 11.9 Å². The largest absolute Gasteiger partial charge is 0.385 e. The highest BCUT2D eigenvalue weighted by Crippen LogP contribution is 2.40. The highest BCUT2D eigenvalue weighted by Gasteiger charge is 2.29. The van der Waals surface area contributed by atoms with Crippen molar-refractivity contribution in [2.45, 2.75) is 31.9 Å². The van der Waals surface area contributed by atoms with Crippen molar-refractivity contribution < 1.29 is 5.11 Å². The summed E-state index contributed by atoms with van der Waals surface area (Å²) in [7, 11) is 0. The molecule has 0 amide bonds. The van der Waals surface area contributed by atoms with Crippen LogP contribution in [0.4, 0.5) is 0 Å². The van der Waals surface area contributed by atoms with Crippen LogP contribution in [0.3, 0.4) is 0 Å². The van der Waals surface area contributed by atoms with Gasteiger partial charge in [-0.2, -0.15) is 0 Å². The van der Waals surface area contributed by atoms with Gasteiger partial charge < -0.3 is 9.67 Å². The SMILES string of the molecule is CC(O)c1ncc(-c2ccccc2)n1C1CC1. The van der Waals surface area contributed by atoms with Crippen LogP contribution >= 0.6 is 0 Å². The summed E-state index contributed by atoms with van der Waals surface area (Å²) in [6.45, 7) is 1.77. The second kappa shape index (κ2) is 4.00. The highest BCUT2D eigenvalue weighted by atomic mass is 16.3. The maximum absolute atomic E-state index is 9.76. The lowest BCUT2D eigenvalue weighted by molar-refractivity contribution is 0.184. The van der Waals surface area contributed by atoms with Crippen molar-refractivity contribution in [2.75, 3.05) is 0 Å². The van der Waals surface area contributed by atoms with Crippen LogP contribution in [-0.2, 0) is 0 Å². The Kier molecular flexibility index (Phi) is 2.48. The molecule has 1 heterocycles. The van der Waals surface area contributed by atoms with Gasteiger partial charge in [0, 0.05) is 6.04 Å². The number of aromatic nitrogens is 2. The number of hydrogen-bond donors (Lipinski definition) is 1. The first kappa shape index (κ1) is 10.5. The molecule has 1 unspecified atom stereocenters. The fourth-order valence-corrected chi connectivity index (χ4v) is 2.22. The Morgan fingerprint density at radius 1 is 1.29 bits per heavy atom. The Morgan fingerprint density at radius 2 is 2.00 bits per heavy atom. The Balaban J connectivity index is 2.11. The predicted octanol–water partition coefficient (Wildman–Crippen LogP) is 2.94. The number of benzene rings is 1. The lowest BCUT2D eigenvalue weighted by Crippen LogP contribution is -2.06. The molecular weight excluding hydrogens is 212 g/mol. The number of hydrogen-bond acceptors (Lipinski definition) is 2. The second-order valence-electron chi connectivity index (χ2n) is 4.64. The number of aliphatic hydroxyl groups is 1. The summed E-state index contributed by atoms with van der Waals surface area (Å²) >= 11 is 0. The quantitative estimate of drug-likeness (QED) is 0.877. The highest BCUT2D eigenvalue weighted by molar-refractivity contribution is 5.59. The molecule has 1 atom stereocenters. The molecule has 17 heavy (non-hydrogen) atoms. The molecule has 3 heteroatoms. The van der Waals surface area contributed by atoms with Gasteiger partial charge in [-0.05, 0) is 25.3 Å². The Bertz CT molecular complexity index is 512. The molecule has 0 saturated heterocycles. The summed E-state index contributed by atoms with van der Waals surface area (Å²) < 4.78 is 2.19. The fraction of sp³-hybridized carbons (Fsp3) is 0.357. The van der Waals surface area contributed by atoms with E-state index < -0.39 is 6.10 Å². The van der Waals surface area contributed by atoms with Crippen molar-refractivity contribution >= 4 is 0 Å². The summed E-state index contributed by atoms with van der Waals surface area (Å²) in [5.41, 5.74) is 2.28. The van der Waals surface area contributed by atoms with Crippen LogP contribution in [0.2, 0.25) is 0 Å². The summed E-state index contributed by atoms with van der Waals surface area (Å²) in [6.07, 6.45) is 3.75. The molecular formula is C14H16N2O. The topological polar surface area (TPSA) is 38.1 Å². The Hall–Kier alpha value is -1.61. The standard InChI is InChI=1S/C14H16N2O/c1-10(17)14-15-9-13(16(14)12-7-8-12)11-5-3-2-4-6-11/h2-6,9-10,12,17H,7-8H2,1H3. The van der Waals surface area contributed by atoms with Crippen LogP contribution in [-0.4, -0.2) is 14.7 Å². The first-order chi connectivity index (χ1) is 8.27. The van der Waals surface area contributed by atoms with E-state index in [9.17, 15) is 5.11 Å². The molecule has 1 N–H and O–H groups in total. The molecule has 3 rings (SSSR count). The van der Waals surface area contributed by atoms with Crippen LogP contribution in [0.15, 0.2) is 36.5 Å². The van der Waals surface area contributed by atoms with Gasteiger partial charge in [-0.1, -0.05) is 30.3 Å². The van der Waals surface area contributed by atoms with Crippen LogP contribution in [0.1, 0.15) is 37.7 Å². The molecule has 2 aromatic rings. The van der Waals surface area contributed by atoms with Gasteiger partial charge in [-0.15, -0.1) is 0 Å². The van der Waals surface area contributed by atoms with E-state index in [0.29, 0.717) is 6.04 Å². The lowest BCUT2D eigenvalue weighted by Gasteiger charge is -2.12. The van der Waals surface area contributed by atoms with E-state index in [1.807, 2.05) is 24.4 Å². The normalized spacial score (nSPS) is 17.1. The number of aliphatic hydroxyl groups excluding tert-OH is 1. The number of rotatable bonds is 3. The van der Waals surface area contributed by atoms with Crippen molar-refractivity contribution in [3.63, 3.8) is 0 Å². The molecule has 1 aromatic carbocycles. The van der Waals surface area contributed by atoms with Crippen molar-refractivity contribution in [2.24, 2.45) is 0 Å². The Morgan fingerprint density at radius 3 is 2.59 bits per heavy atom. The number of nitrogens with zero attached hydrogens (tertiary/aromatic N) is 2. The zero-order valence-corrected chi connectivity index (χ0v) is 9.87. The third-order valence-corrected chi connectivity index (χ3v) is 3.18. The zero-order valence-electron chi connectivity index (χ0n) is 9.87. The lowest BCUT2D eigenvalue weighted by atomic mass is 10.1. The molecule has 0 aliphatic heterocycles. The molecule has 3 nitrogen and oxygen atoms in total. The minimum atomic E-state index is -0.506. The maximum atomic E-state index is 9.76. The van der Waals surface area contributed by atoms with E-state index in [4.69, 9.17) is 0 Å². The zero-order chi connectivity index (χ0) is 11.8. The first-order valence-electron chi connectivity index (χ1n) is 6.08. The number of imidazole rings is 1. The van der Waals surface area contributed by atoms with Gasteiger partial charge in [0.2, 0.25) is 0 Å². The van der Waals surface area contributed by atoms with Crippen LogP contribution in [0, 0.1) is 0 Å². The van der Waals surface area contributed by atoms with E-state index in [1.54, 1.807) is 6.92 Å². The van der Waals surface area contributed by atoms with Crippen LogP contribution < -0.4 is 0 Å². The van der Waals surface area contributed by atoms with Gasteiger partial charge >= 0.3 is 0 Å². The third kappa shape index (κ3) is 1.87. The molecule has 0 bridgehead atoms. The minimum Gasteiger partial charge on any atom is -0.385 e. The van der Waals surface area contributed by atoms with Crippen molar-refractivity contribution in [1.82, 2.24) is 9.55 Å². The minimum absolute atomic E-state index is 0.506. The van der Waals surface area contributed by atoms with E-state index in [-0.39, 0.29) is 0 Å². The summed E-state index contributed by atoms with van der Waals surface area (Å²) in [5.74, 6) is 0.784. The Labute approximate surface area is 101 Å². The molecule has 0 radical (unpaired) electrons. The maximum Gasteiger partial charge on any atom is 0.138 e. The van der Waals surface area contributed by atoms with Gasteiger partial charge in [0.25, 0.3) is 0 Å². The fourth-order valence-electron chi connectivity index (χ4n) is 2.22. The van der Waals surface area contributed by atoms with Crippen LogP contribution in [0.5, 0.6) is 0 Å². The summed E-state index contributed by atoms with van der Waals surface area (Å²) in [5, 5.41) is 9.76. The first-order valence-corrected chi connectivity index (χ1v) is 6.08. The smallest absolute Gasteiger partial charge is 0.138 e. The molecule has 1 aliphatic carbocycles. The van der Waals surface area contributed by atoms with Crippen molar-refractivity contribution in [1.29, 1.82) is 0 Å². The third-order valence-electron chi connectivity index (χ3n) is 3.18. The monoisotopic (exact) mass is 228 g/mol. The predicted molar refractivity (Wildman–Crippen MR) is 66.6 cm³/mol. The second-order valence-corrected chi connectivity index (χ2v) is 4.64. The van der Waals surface area contributed by atoms with Gasteiger partial charge in [-0.25, -0.2) is 4.98 Å². The average Bonchev–Trinajstić information content (AvgIpc) is 3.08. The van der Waals surface area contributed by atoms with E-state index in [2.05, 4.69) is 21.7 Å². The molecule has 88 valence electrons. The van der Waals surface area contributed by atoms with Crippen LogP contribution in [0.25, 0.3) is 11.3 Å². The molecule has 1 saturated carbocycles. The van der Waals surface area contributed by atoms with E-state index in [1.165, 1.54) is 18.4 Å². The molecule has 1 aliphatic rings. The molecule has 1 aromatic heterocycles. The van der Waals surface area contributed by atoms with E-state index >= 15 is 0 Å². The van der Waals surface area contributed by atoms with E-state index in [0.717, 1.165) is 11.5 Å². The molecule has 0 spiro atoms. The average molecular weight is 228 g/mol. The summed E-state index contributed by atoms with van der Waals surface area (Å²) in [4.78, 5) is 4.37. The van der Waals surface area contributed by atoms with Crippen molar-refractivity contribution in [3.8, 4) is 11.3 Å². The van der Waals surface area contributed by atoms with Gasteiger partial charge in [-0.3, -0.25) is 0 Å². The van der Waals surface area contributed by atoms with Gasteiger partial charge in [0.15, 0.2) is 0 Å². The molecule has 1 fully saturated rings. The van der Waals surface area contributed by atoms with Gasteiger partial charge in [0.1, 0.15) is 11.9 Å².